The summed E-state index contributed by atoms with van der Waals surface area (Å²) in [4.78, 5) is 0.216. The van der Waals surface area contributed by atoms with Gasteiger partial charge in [-0.1, -0.05) is 17.7 Å². The lowest BCUT2D eigenvalue weighted by Crippen LogP contribution is -2.47. The summed E-state index contributed by atoms with van der Waals surface area (Å²) in [7, 11) is -4.51. The number of methoxy groups -OCH3 is 1. The normalized spacial score (nSPS) is 20.7. The second-order valence-corrected chi connectivity index (χ2v) is 13.9. The fourth-order valence-corrected chi connectivity index (χ4v) is 7.23. The molecule has 2 aliphatic heterocycles. The lowest BCUT2D eigenvalue weighted by molar-refractivity contribution is -0.0312. The second-order valence-electron chi connectivity index (χ2n) is 9.65. The number of nitrogens with zero attached hydrogens (tertiary/aromatic N) is 1. The quantitative estimate of drug-likeness (QED) is 0.349. The van der Waals surface area contributed by atoms with Gasteiger partial charge in [-0.15, -0.1) is 0 Å². The number of aliphatic hydroxyl groups is 1. The van der Waals surface area contributed by atoms with Crippen LogP contribution in [0, 0.1) is 0 Å². The van der Waals surface area contributed by atoms with Crippen molar-refractivity contribution in [3.05, 3.63) is 47.5 Å². The Labute approximate surface area is 234 Å². The molecule has 3 N–H and O–H groups in total. The van der Waals surface area contributed by atoms with Crippen LogP contribution in [0.3, 0.4) is 0 Å². The van der Waals surface area contributed by atoms with Crippen molar-refractivity contribution in [3.63, 3.8) is 0 Å². The van der Waals surface area contributed by atoms with E-state index < -0.39 is 31.8 Å². The van der Waals surface area contributed by atoms with Gasteiger partial charge >= 0.3 is 0 Å². The van der Waals surface area contributed by atoms with Crippen molar-refractivity contribution in [2.75, 3.05) is 47.0 Å². The van der Waals surface area contributed by atoms with Crippen molar-refractivity contribution in [2.45, 2.75) is 46.8 Å². The maximum Gasteiger partial charge on any atom is 0.243 e. The zero-order chi connectivity index (χ0) is 28.3. The predicted octanol–water partition coefficient (Wildman–Crippen LogP) is 1.60. The monoisotopic (exact) mass is 603 g/mol. The second kappa shape index (κ2) is 12.3. The Morgan fingerprint density at radius 2 is 1.90 bits per heavy atom. The molecule has 0 aromatic heterocycles. The molecule has 2 saturated heterocycles. The third kappa shape index (κ3) is 7.03. The fraction of sp³-hybridized carbons (Fsp3) is 0.520. The number of aliphatic hydroxyl groups excluding tert-OH is 1. The van der Waals surface area contributed by atoms with Crippen LogP contribution in [0.5, 0.6) is 11.5 Å². The Bertz CT molecular complexity index is 1370. The summed E-state index contributed by atoms with van der Waals surface area (Å²) in [5, 5.41) is 14.0. The van der Waals surface area contributed by atoms with Gasteiger partial charge in [-0.05, 0) is 50.6 Å². The molecule has 2 aromatic rings. The molecule has 216 valence electrons. The Hall–Kier alpha value is -1.97. The molecule has 11 nitrogen and oxygen atoms in total. The number of nitrogens with one attached hydrogen (secondary N) is 2. The van der Waals surface area contributed by atoms with E-state index in [1.165, 1.54) is 48.8 Å². The van der Waals surface area contributed by atoms with Gasteiger partial charge in [0.15, 0.2) is 0 Å². The van der Waals surface area contributed by atoms with Crippen molar-refractivity contribution >= 4 is 31.6 Å². The molecule has 0 bridgehead atoms. The maximum absolute atomic E-state index is 13.2. The summed E-state index contributed by atoms with van der Waals surface area (Å²) in [5.74, 6) is 0.648. The highest BCUT2D eigenvalue weighted by atomic mass is 35.5. The number of benzene rings is 2. The van der Waals surface area contributed by atoms with Crippen molar-refractivity contribution in [2.24, 2.45) is 0 Å². The van der Waals surface area contributed by atoms with Crippen LogP contribution >= 0.6 is 11.6 Å². The summed E-state index contributed by atoms with van der Waals surface area (Å²) in [5.41, 5.74) is -0.415. The van der Waals surface area contributed by atoms with Gasteiger partial charge in [0.1, 0.15) is 24.2 Å². The number of hydrogen-bond acceptors (Lipinski definition) is 9. The van der Waals surface area contributed by atoms with E-state index in [2.05, 4.69) is 10.0 Å². The highest BCUT2D eigenvalue weighted by Gasteiger charge is 2.44. The van der Waals surface area contributed by atoms with E-state index in [9.17, 15) is 21.9 Å². The number of ether oxygens (including phenoxy) is 3. The Kier molecular flexibility index (Phi) is 9.44. The van der Waals surface area contributed by atoms with E-state index in [-0.39, 0.29) is 29.0 Å². The van der Waals surface area contributed by atoms with E-state index in [0.29, 0.717) is 55.5 Å². The van der Waals surface area contributed by atoms with Crippen LogP contribution in [-0.4, -0.2) is 91.0 Å². The van der Waals surface area contributed by atoms with Gasteiger partial charge in [-0.2, -0.15) is 4.31 Å². The molecule has 4 rings (SSSR count). The summed E-state index contributed by atoms with van der Waals surface area (Å²) in [6.45, 7) is 1.37. The SMILES string of the molecule is CNS(=O)(=O)c1cccc(OC[C@@H](O)CNC2COC3(CCN(S(=O)(=O)c4ccc(Cl)c(OC)c4)CC3)C2)c1. The van der Waals surface area contributed by atoms with E-state index in [4.69, 9.17) is 25.8 Å². The number of halogens is 1. The summed E-state index contributed by atoms with van der Waals surface area (Å²) in [6.07, 6.45) is 1.00. The van der Waals surface area contributed by atoms with Crippen molar-refractivity contribution in [3.8, 4) is 11.5 Å². The largest absolute Gasteiger partial charge is 0.495 e. The van der Waals surface area contributed by atoms with Crippen molar-refractivity contribution < 1.29 is 36.2 Å². The highest BCUT2D eigenvalue weighted by molar-refractivity contribution is 7.89. The van der Waals surface area contributed by atoms with Gasteiger partial charge in [0.2, 0.25) is 20.0 Å². The van der Waals surface area contributed by atoms with Crippen LogP contribution in [0.4, 0.5) is 0 Å². The Morgan fingerprint density at radius 1 is 1.15 bits per heavy atom. The Morgan fingerprint density at radius 3 is 2.59 bits per heavy atom. The van der Waals surface area contributed by atoms with Crippen LogP contribution in [0.1, 0.15) is 19.3 Å². The fourth-order valence-electron chi connectivity index (χ4n) is 4.81. The summed E-state index contributed by atoms with van der Waals surface area (Å²) < 4.78 is 70.8. The molecule has 0 amide bonds. The zero-order valence-electron chi connectivity index (χ0n) is 21.8. The van der Waals surface area contributed by atoms with Gasteiger partial charge in [-0.25, -0.2) is 21.6 Å². The molecule has 1 spiro atoms. The maximum atomic E-state index is 13.2. The van der Waals surface area contributed by atoms with Gasteiger partial charge in [0, 0.05) is 37.8 Å². The number of rotatable bonds is 11. The van der Waals surface area contributed by atoms with Crippen molar-refractivity contribution in [1.82, 2.24) is 14.3 Å². The molecule has 2 aromatic carbocycles. The van der Waals surface area contributed by atoms with E-state index in [1.807, 2.05) is 0 Å². The molecule has 0 saturated carbocycles. The first kappa shape index (κ1) is 30.0. The van der Waals surface area contributed by atoms with Crippen LogP contribution in [0.15, 0.2) is 52.3 Å². The standard InChI is InChI=1S/C25H34ClN3O8S2/c1-27-38(31,32)21-5-3-4-20(12-21)36-17-19(30)15-28-18-14-25(37-16-18)8-10-29(11-9-25)39(33,34)22-6-7-23(26)24(13-22)35-2/h3-7,12-13,18-19,27-28,30H,8-11,14-17H2,1-2H3/t18?,19-/m0/s1. The topological polar surface area (TPSA) is 144 Å². The van der Waals surface area contributed by atoms with Crippen LogP contribution in [0.25, 0.3) is 0 Å². The summed E-state index contributed by atoms with van der Waals surface area (Å²) >= 11 is 6.04. The lowest BCUT2D eigenvalue weighted by atomic mass is 9.88. The minimum atomic E-state index is -3.69. The third-order valence-corrected chi connectivity index (χ3v) is 10.7. The van der Waals surface area contributed by atoms with E-state index >= 15 is 0 Å². The third-order valence-electron chi connectivity index (χ3n) is 7.07. The predicted molar refractivity (Wildman–Crippen MR) is 145 cm³/mol. The molecule has 2 heterocycles. The Balaban J connectivity index is 1.24. The lowest BCUT2D eigenvalue weighted by Gasteiger charge is -2.38. The number of hydrogen-bond donors (Lipinski definition) is 3. The number of piperidine rings is 1. The minimum Gasteiger partial charge on any atom is -0.495 e. The van der Waals surface area contributed by atoms with Crippen LogP contribution in [-0.2, 0) is 24.8 Å². The molecule has 2 fully saturated rings. The van der Waals surface area contributed by atoms with Gasteiger partial charge in [0.25, 0.3) is 0 Å². The van der Waals surface area contributed by atoms with Crippen LogP contribution < -0.4 is 19.5 Å². The molecule has 14 heteroatoms. The first-order valence-electron chi connectivity index (χ1n) is 12.5. The van der Waals surface area contributed by atoms with Gasteiger partial charge in [0.05, 0.1) is 34.1 Å². The zero-order valence-corrected chi connectivity index (χ0v) is 24.2. The van der Waals surface area contributed by atoms with Gasteiger partial charge in [-0.3, -0.25) is 0 Å². The smallest absolute Gasteiger partial charge is 0.243 e. The average Bonchev–Trinajstić information content (AvgIpc) is 3.33. The molecular formula is C25H34ClN3O8S2. The molecule has 0 aliphatic carbocycles. The highest BCUT2D eigenvalue weighted by Crippen LogP contribution is 2.38. The first-order valence-corrected chi connectivity index (χ1v) is 15.8. The number of sulfonamides is 2. The van der Waals surface area contributed by atoms with Crippen LogP contribution in [0.2, 0.25) is 5.02 Å². The van der Waals surface area contributed by atoms with E-state index in [1.54, 1.807) is 12.1 Å². The molecule has 1 unspecified atom stereocenters. The first-order chi connectivity index (χ1) is 18.5. The van der Waals surface area contributed by atoms with E-state index in [0.717, 1.165) is 0 Å². The summed E-state index contributed by atoms with van der Waals surface area (Å²) in [6, 6.07) is 10.5. The minimum absolute atomic E-state index is 0.00688. The average molecular weight is 604 g/mol. The van der Waals surface area contributed by atoms with Crippen molar-refractivity contribution in [1.29, 1.82) is 0 Å². The molecule has 2 aliphatic rings. The molecule has 39 heavy (non-hydrogen) atoms. The molecule has 0 radical (unpaired) electrons. The molecule has 2 atom stereocenters. The molecular weight excluding hydrogens is 570 g/mol. The van der Waals surface area contributed by atoms with Gasteiger partial charge < -0.3 is 24.6 Å².